The van der Waals surface area contributed by atoms with E-state index in [-0.39, 0.29) is 11.8 Å². The number of aryl methyl sites for hydroxylation is 1. The Balaban J connectivity index is 1.21. The Bertz CT molecular complexity index is 950. The maximum Gasteiger partial charge on any atom is 0.253 e. The normalized spacial score (nSPS) is 20.5. The number of carbonyl (C=O) groups is 2. The van der Waals surface area contributed by atoms with E-state index in [4.69, 9.17) is 0 Å². The van der Waals surface area contributed by atoms with Crippen LogP contribution in [0.2, 0.25) is 0 Å². The molecule has 2 aromatic rings. The first-order valence-electron chi connectivity index (χ1n) is 11.2. The molecular weight excluding hydrogens is 378 g/mol. The van der Waals surface area contributed by atoms with Gasteiger partial charge in [0.1, 0.15) is 6.04 Å². The summed E-state index contributed by atoms with van der Waals surface area (Å²) in [4.78, 5) is 31.7. The number of hydrogen-bond donors (Lipinski definition) is 1. The Morgan fingerprint density at radius 2 is 1.83 bits per heavy atom. The molecule has 30 heavy (non-hydrogen) atoms. The summed E-state index contributed by atoms with van der Waals surface area (Å²) < 4.78 is 1.88. The third-order valence-electron chi connectivity index (χ3n) is 7.10. The lowest BCUT2D eigenvalue weighted by Gasteiger charge is -2.33. The third-order valence-corrected chi connectivity index (χ3v) is 7.10. The van der Waals surface area contributed by atoms with Gasteiger partial charge in [-0.25, -0.2) is 9.67 Å². The van der Waals surface area contributed by atoms with E-state index >= 15 is 0 Å². The predicted octanol–water partition coefficient (Wildman–Crippen LogP) is 2.67. The van der Waals surface area contributed by atoms with Crippen LogP contribution in [0.25, 0.3) is 5.82 Å². The summed E-state index contributed by atoms with van der Waals surface area (Å²) in [7, 11) is 0. The quantitative estimate of drug-likeness (QED) is 0.845. The van der Waals surface area contributed by atoms with E-state index < -0.39 is 6.04 Å². The second-order valence-corrected chi connectivity index (χ2v) is 9.16. The second kappa shape index (κ2) is 7.52. The number of hydrogen-bond acceptors (Lipinski definition) is 4. The van der Waals surface area contributed by atoms with Gasteiger partial charge in [-0.15, -0.1) is 0 Å². The Morgan fingerprint density at radius 3 is 2.53 bits per heavy atom. The van der Waals surface area contributed by atoms with Gasteiger partial charge in [0.2, 0.25) is 5.91 Å². The van der Waals surface area contributed by atoms with Crippen molar-refractivity contribution < 1.29 is 9.59 Å². The summed E-state index contributed by atoms with van der Waals surface area (Å²) in [6.45, 7) is 3.38. The fraction of sp³-hybridized carbons (Fsp3) is 0.565. The topological polar surface area (TPSA) is 80.1 Å². The first kappa shape index (κ1) is 19.3. The molecule has 1 saturated carbocycles. The van der Waals surface area contributed by atoms with Gasteiger partial charge in [0, 0.05) is 25.0 Å². The van der Waals surface area contributed by atoms with Crippen molar-refractivity contribution in [3.63, 3.8) is 0 Å². The Labute approximate surface area is 176 Å². The number of piperidine rings is 1. The number of likely N-dealkylation sites (tertiary alicyclic amines) is 1. The van der Waals surface area contributed by atoms with Crippen LogP contribution in [0, 0.1) is 5.41 Å². The summed E-state index contributed by atoms with van der Waals surface area (Å²) >= 11 is 0. The molecule has 7 nitrogen and oxygen atoms in total. The average molecular weight is 408 g/mol. The van der Waals surface area contributed by atoms with Crippen molar-refractivity contribution in [1.82, 2.24) is 25.0 Å². The van der Waals surface area contributed by atoms with E-state index in [9.17, 15) is 9.59 Å². The van der Waals surface area contributed by atoms with Gasteiger partial charge in [-0.2, -0.15) is 5.10 Å². The van der Waals surface area contributed by atoms with Crippen LogP contribution in [-0.4, -0.2) is 50.6 Å². The largest absolute Gasteiger partial charge is 0.341 e. The zero-order valence-electron chi connectivity index (χ0n) is 17.6. The van der Waals surface area contributed by atoms with E-state index in [1.165, 1.54) is 36.9 Å². The van der Waals surface area contributed by atoms with Gasteiger partial charge >= 0.3 is 0 Å². The summed E-state index contributed by atoms with van der Waals surface area (Å²) in [5.41, 5.74) is 3.50. The number of nitrogens with zero attached hydrogens (tertiary/aromatic N) is 4. The lowest BCUT2D eigenvalue weighted by atomic mass is 9.93. The molecule has 3 heterocycles. The fourth-order valence-electron chi connectivity index (χ4n) is 4.83. The van der Waals surface area contributed by atoms with Crippen LogP contribution < -0.4 is 5.32 Å². The van der Waals surface area contributed by atoms with Gasteiger partial charge in [0.25, 0.3) is 5.91 Å². The average Bonchev–Trinajstić information content (AvgIpc) is 3.39. The van der Waals surface area contributed by atoms with E-state index in [2.05, 4.69) is 15.4 Å². The molecule has 1 aliphatic heterocycles. The molecule has 158 valence electrons. The highest BCUT2D eigenvalue weighted by atomic mass is 16.2. The van der Waals surface area contributed by atoms with Crippen LogP contribution in [0.5, 0.6) is 0 Å². The number of fused-ring (bicyclic) bond motifs is 1. The van der Waals surface area contributed by atoms with E-state index in [1.54, 1.807) is 19.2 Å². The van der Waals surface area contributed by atoms with E-state index in [0.717, 1.165) is 44.6 Å². The van der Waals surface area contributed by atoms with Crippen molar-refractivity contribution >= 4 is 11.8 Å². The number of aromatic nitrogens is 3. The zero-order chi connectivity index (χ0) is 20.7. The van der Waals surface area contributed by atoms with Gasteiger partial charge in [0.15, 0.2) is 5.82 Å². The van der Waals surface area contributed by atoms with Gasteiger partial charge < -0.3 is 10.2 Å². The number of rotatable bonds is 4. The summed E-state index contributed by atoms with van der Waals surface area (Å²) in [5, 5.41) is 7.33. The van der Waals surface area contributed by atoms with Gasteiger partial charge in [-0.1, -0.05) is 0 Å². The molecule has 0 unspecified atom stereocenters. The highest BCUT2D eigenvalue weighted by Gasteiger charge is 2.45. The van der Waals surface area contributed by atoms with Crippen LogP contribution in [-0.2, 0) is 17.6 Å². The van der Waals surface area contributed by atoms with Crippen molar-refractivity contribution in [2.75, 3.05) is 13.1 Å². The highest BCUT2D eigenvalue weighted by Crippen LogP contribution is 2.53. The molecule has 5 rings (SSSR count). The molecule has 0 aromatic carbocycles. The number of carbonyl (C=O) groups excluding carboxylic acids is 2. The molecule has 2 aromatic heterocycles. The van der Waals surface area contributed by atoms with Crippen molar-refractivity contribution in [1.29, 1.82) is 0 Å². The molecule has 2 fully saturated rings. The number of amides is 2. The Morgan fingerprint density at radius 1 is 1.07 bits per heavy atom. The molecule has 1 spiro atoms. The van der Waals surface area contributed by atoms with Crippen LogP contribution >= 0.6 is 0 Å². The molecule has 1 N–H and O–H groups in total. The molecular formula is C23H29N5O2. The van der Waals surface area contributed by atoms with Crippen LogP contribution in [0.1, 0.15) is 67.1 Å². The highest BCUT2D eigenvalue weighted by molar-refractivity contribution is 5.97. The smallest absolute Gasteiger partial charge is 0.253 e. The van der Waals surface area contributed by atoms with Crippen LogP contribution in [0.15, 0.2) is 24.5 Å². The summed E-state index contributed by atoms with van der Waals surface area (Å²) in [6.07, 6.45) is 12.8. The molecule has 7 heteroatoms. The summed E-state index contributed by atoms with van der Waals surface area (Å²) in [5.74, 6) is 0.459. The van der Waals surface area contributed by atoms with Crippen molar-refractivity contribution in [2.45, 2.75) is 64.3 Å². The minimum Gasteiger partial charge on any atom is -0.341 e. The van der Waals surface area contributed by atoms with Crippen LogP contribution in [0.3, 0.4) is 0 Å². The SMILES string of the molecule is C[C@@H](NC(=O)c1ccc(-n2ncc3c2CCCC3)nc1)C(=O)N1CCC2(CC1)CC2. The number of pyridine rings is 1. The van der Waals surface area contributed by atoms with Crippen molar-refractivity contribution in [2.24, 2.45) is 5.41 Å². The molecule has 0 radical (unpaired) electrons. The van der Waals surface area contributed by atoms with Crippen molar-refractivity contribution in [3.05, 3.63) is 41.3 Å². The summed E-state index contributed by atoms with van der Waals surface area (Å²) in [6, 6.07) is 3.04. The second-order valence-electron chi connectivity index (χ2n) is 9.16. The molecule has 2 amide bonds. The molecule has 0 bridgehead atoms. The number of nitrogens with one attached hydrogen (secondary N) is 1. The first-order valence-corrected chi connectivity index (χ1v) is 11.2. The van der Waals surface area contributed by atoms with Crippen LogP contribution in [0.4, 0.5) is 0 Å². The van der Waals surface area contributed by atoms with E-state index in [1.807, 2.05) is 21.8 Å². The Kier molecular flexibility index (Phi) is 4.83. The van der Waals surface area contributed by atoms with Gasteiger partial charge in [-0.3, -0.25) is 9.59 Å². The minimum absolute atomic E-state index is 0.00611. The Hall–Kier alpha value is -2.70. The fourth-order valence-corrected chi connectivity index (χ4v) is 4.83. The molecule has 3 aliphatic rings. The first-order chi connectivity index (χ1) is 14.5. The molecule has 1 saturated heterocycles. The maximum atomic E-state index is 12.7. The lowest BCUT2D eigenvalue weighted by molar-refractivity contribution is -0.134. The minimum atomic E-state index is -0.538. The van der Waals surface area contributed by atoms with Crippen molar-refractivity contribution in [3.8, 4) is 5.82 Å². The zero-order valence-corrected chi connectivity index (χ0v) is 17.6. The third kappa shape index (κ3) is 3.61. The lowest BCUT2D eigenvalue weighted by Crippen LogP contribution is -2.49. The molecule has 2 aliphatic carbocycles. The molecule has 1 atom stereocenters. The van der Waals surface area contributed by atoms with Gasteiger partial charge in [-0.05, 0) is 81.4 Å². The van der Waals surface area contributed by atoms with Gasteiger partial charge in [0.05, 0.1) is 11.8 Å². The van der Waals surface area contributed by atoms with E-state index in [0.29, 0.717) is 11.0 Å². The standard InChI is InChI=1S/C23H29N5O2/c1-16(22(30)27-12-10-23(8-9-23)11-13-27)26-21(29)18-6-7-20(24-14-18)28-19-5-3-2-4-17(19)15-25-28/h6-7,14-16H,2-5,8-13H2,1H3,(H,26,29)/t16-/m1/s1. The monoisotopic (exact) mass is 407 g/mol. The predicted molar refractivity (Wildman–Crippen MR) is 112 cm³/mol. The maximum absolute atomic E-state index is 12.7.